The fourth-order valence-electron chi connectivity index (χ4n) is 3.47. The maximum Gasteiger partial charge on any atom is 0.320 e. The van der Waals surface area contributed by atoms with E-state index in [0.29, 0.717) is 16.9 Å². The number of benzene rings is 2. The lowest BCUT2D eigenvalue weighted by molar-refractivity contribution is -0.138. The largest absolute Gasteiger partial charge is 0.481 e. The van der Waals surface area contributed by atoms with Crippen molar-refractivity contribution < 1.29 is 32.6 Å². The first-order valence-electron chi connectivity index (χ1n) is 10.6. The van der Waals surface area contributed by atoms with Gasteiger partial charge in [0.25, 0.3) is 0 Å². The molecule has 10 heteroatoms. The number of aliphatic carboxylic acids is 2. The van der Waals surface area contributed by atoms with Crippen molar-refractivity contribution >= 4 is 50.8 Å². The number of hydrogen-bond donors (Lipinski definition) is 3. The molecule has 3 rings (SSSR count). The molecule has 4 N–H and O–H groups in total. The third-order valence-electron chi connectivity index (χ3n) is 5.34. The lowest BCUT2D eigenvalue weighted by Gasteiger charge is -2.05. The van der Waals surface area contributed by atoms with Crippen molar-refractivity contribution in [2.24, 2.45) is 5.73 Å². The SMILES string of the molecule is CC1=C(CC(=O)O)c2cc(F)ccc2/C1=C\c1ccc(S(C)=O)cc1.CS(=O)CC[C@@H](N)C(=O)O. The molecule has 35 heavy (non-hydrogen) atoms. The average Bonchev–Trinajstić information content (AvgIpc) is 3.02. The van der Waals surface area contributed by atoms with E-state index in [-0.39, 0.29) is 18.7 Å². The van der Waals surface area contributed by atoms with Crippen LogP contribution < -0.4 is 5.73 Å². The Labute approximate surface area is 208 Å². The quantitative estimate of drug-likeness (QED) is 0.484. The molecule has 0 bridgehead atoms. The van der Waals surface area contributed by atoms with Crippen LogP contribution in [0.5, 0.6) is 0 Å². The van der Waals surface area contributed by atoms with Gasteiger partial charge in [-0.2, -0.15) is 0 Å². The smallest absolute Gasteiger partial charge is 0.320 e. The monoisotopic (exact) mass is 521 g/mol. The number of allylic oxidation sites excluding steroid dienone is 2. The van der Waals surface area contributed by atoms with E-state index in [1.54, 1.807) is 24.5 Å². The highest BCUT2D eigenvalue weighted by Crippen LogP contribution is 2.43. The summed E-state index contributed by atoms with van der Waals surface area (Å²) >= 11 is 0. The second-order valence-corrected chi connectivity index (χ2v) is 10.9. The summed E-state index contributed by atoms with van der Waals surface area (Å²) in [5.74, 6) is -2.01. The van der Waals surface area contributed by atoms with Gasteiger partial charge in [-0.15, -0.1) is 0 Å². The summed E-state index contributed by atoms with van der Waals surface area (Å²) in [7, 11) is -1.98. The number of carboxylic acids is 2. The zero-order chi connectivity index (χ0) is 26.3. The number of carbonyl (C=O) groups is 2. The normalized spacial score (nSPS) is 16.2. The van der Waals surface area contributed by atoms with Gasteiger partial charge in [-0.3, -0.25) is 18.0 Å². The van der Waals surface area contributed by atoms with Gasteiger partial charge in [-0.05, 0) is 77.1 Å². The van der Waals surface area contributed by atoms with Crippen LogP contribution in [0.1, 0.15) is 36.5 Å². The molecule has 0 heterocycles. The molecule has 2 aromatic rings. The van der Waals surface area contributed by atoms with Crippen molar-refractivity contribution in [3.8, 4) is 0 Å². The topological polar surface area (TPSA) is 135 Å². The average molecular weight is 522 g/mol. The Morgan fingerprint density at radius 3 is 2.20 bits per heavy atom. The molecule has 0 saturated heterocycles. The molecule has 188 valence electrons. The Morgan fingerprint density at radius 2 is 1.69 bits per heavy atom. The van der Waals surface area contributed by atoms with Gasteiger partial charge in [0.05, 0.1) is 6.42 Å². The summed E-state index contributed by atoms with van der Waals surface area (Å²) in [5, 5.41) is 17.4. The first kappa shape index (κ1) is 28.3. The third kappa shape index (κ3) is 8.05. The Bertz CT molecular complexity index is 1220. The van der Waals surface area contributed by atoms with Crippen LogP contribution in [0.15, 0.2) is 52.9 Å². The van der Waals surface area contributed by atoms with Crippen LogP contribution in [-0.4, -0.2) is 54.9 Å². The van der Waals surface area contributed by atoms with E-state index < -0.39 is 39.6 Å². The lowest BCUT2D eigenvalue weighted by Crippen LogP contribution is -2.31. The van der Waals surface area contributed by atoms with Crippen molar-refractivity contribution in [1.29, 1.82) is 0 Å². The van der Waals surface area contributed by atoms with Crippen LogP contribution in [0, 0.1) is 5.82 Å². The molecule has 0 amide bonds. The van der Waals surface area contributed by atoms with E-state index in [0.717, 1.165) is 27.2 Å². The molecule has 7 nitrogen and oxygen atoms in total. The van der Waals surface area contributed by atoms with Crippen molar-refractivity contribution in [3.63, 3.8) is 0 Å². The first-order valence-corrected chi connectivity index (χ1v) is 13.8. The second kappa shape index (κ2) is 12.7. The van der Waals surface area contributed by atoms with Crippen LogP contribution in [0.3, 0.4) is 0 Å². The molecule has 2 unspecified atom stereocenters. The highest BCUT2D eigenvalue weighted by atomic mass is 32.2. The summed E-state index contributed by atoms with van der Waals surface area (Å²) in [4.78, 5) is 22.0. The van der Waals surface area contributed by atoms with Crippen LogP contribution in [0.4, 0.5) is 4.39 Å². The van der Waals surface area contributed by atoms with Crippen LogP contribution >= 0.6 is 0 Å². The molecular weight excluding hydrogens is 493 g/mol. The molecule has 1 aliphatic rings. The fourth-order valence-corrected chi connectivity index (χ4v) is 4.58. The molecule has 1 aliphatic carbocycles. The summed E-state index contributed by atoms with van der Waals surface area (Å²) in [6.45, 7) is 1.86. The maximum atomic E-state index is 13.7. The summed E-state index contributed by atoms with van der Waals surface area (Å²) in [6.07, 6.45) is 5.23. The highest BCUT2D eigenvalue weighted by Gasteiger charge is 2.25. The lowest BCUT2D eigenvalue weighted by atomic mass is 10.0. The fraction of sp³-hybridized carbons (Fsp3) is 0.280. The standard InChI is InChI=1S/C20H17FO3S.C5H11NO3S/c1-12-17(9-13-3-6-15(7-4-13)25(2)24)16-8-5-14(21)10-19(16)18(12)11-20(22)23;1-10(9)3-2-4(6)5(7)8/h3-10H,11H2,1-2H3,(H,22,23);4H,2-3,6H2,1H3,(H,7,8)/b17-9-;/t;4-,10?/m.1/s1. The Hall–Kier alpha value is -2.95. The number of rotatable bonds is 8. The van der Waals surface area contributed by atoms with Gasteiger partial charge < -0.3 is 15.9 Å². The maximum absolute atomic E-state index is 13.7. The van der Waals surface area contributed by atoms with Crippen LogP contribution in [0.25, 0.3) is 17.2 Å². The number of hydrogen-bond acceptors (Lipinski definition) is 5. The number of fused-ring (bicyclic) bond motifs is 1. The minimum absolute atomic E-state index is 0.145. The zero-order valence-corrected chi connectivity index (χ0v) is 21.2. The van der Waals surface area contributed by atoms with Gasteiger partial charge in [0.15, 0.2) is 0 Å². The van der Waals surface area contributed by atoms with E-state index in [1.807, 2.05) is 25.1 Å². The van der Waals surface area contributed by atoms with Crippen LogP contribution in [-0.2, 0) is 31.2 Å². The molecule has 3 atom stereocenters. The highest BCUT2D eigenvalue weighted by molar-refractivity contribution is 7.84. The van der Waals surface area contributed by atoms with E-state index >= 15 is 0 Å². The third-order valence-corrected chi connectivity index (χ3v) is 7.08. The molecule has 0 fully saturated rings. The van der Waals surface area contributed by atoms with E-state index in [4.69, 9.17) is 15.9 Å². The molecule has 0 spiro atoms. The van der Waals surface area contributed by atoms with E-state index in [1.165, 1.54) is 18.4 Å². The van der Waals surface area contributed by atoms with Gasteiger partial charge in [-0.1, -0.05) is 18.2 Å². The minimum Gasteiger partial charge on any atom is -0.481 e. The van der Waals surface area contributed by atoms with E-state index in [9.17, 15) is 22.4 Å². The number of carboxylic acid groups (broad SMARTS) is 2. The Balaban J connectivity index is 0.000000367. The predicted molar refractivity (Wildman–Crippen MR) is 137 cm³/mol. The van der Waals surface area contributed by atoms with Crippen molar-refractivity contribution in [2.45, 2.75) is 30.7 Å². The van der Waals surface area contributed by atoms with Gasteiger partial charge in [0.2, 0.25) is 0 Å². The molecule has 0 aromatic heterocycles. The van der Waals surface area contributed by atoms with Gasteiger partial charge in [-0.25, -0.2) is 4.39 Å². The Kier molecular flexibility index (Phi) is 10.2. The van der Waals surface area contributed by atoms with Crippen molar-refractivity contribution in [2.75, 3.05) is 18.3 Å². The summed E-state index contributed by atoms with van der Waals surface area (Å²) < 4.78 is 35.6. The van der Waals surface area contributed by atoms with Crippen molar-refractivity contribution in [1.82, 2.24) is 0 Å². The van der Waals surface area contributed by atoms with Crippen molar-refractivity contribution in [3.05, 3.63) is 70.5 Å². The molecule has 0 saturated carbocycles. The van der Waals surface area contributed by atoms with Crippen LogP contribution in [0.2, 0.25) is 0 Å². The summed E-state index contributed by atoms with van der Waals surface area (Å²) in [5.41, 5.74) is 9.87. The van der Waals surface area contributed by atoms with Gasteiger partial charge in [0, 0.05) is 44.8 Å². The van der Waals surface area contributed by atoms with E-state index in [2.05, 4.69) is 0 Å². The Morgan fingerprint density at radius 1 is 1.06 bits per heavy atom. The molecule has 2 aromatic carbocycles. The van der Waals surface area contributed by atoms with Gasteiger partial charge in [0.1, 0.15) is 11.9 Å². The summed E-state index contributed by atoms with van der Waals surface area (Å²) in [6, 6.07) is 10.9. The number of nitrogens with two attached hydrogens (primary N) is 1. The first-order chi connectivity index (χ1) is 16.4. The zero-order valence-electron chi connectivity index (χ0n) is 19.6. The second-order valence-electron chi connectivity index (χ2n) is 7.96. The molecular formula is C25H28FNO6S2. The minimum atomic E-state index is -1.04. The molecule has 0 radical (unpaired) electrons. The van der Waals surface area contributed by atoms with Gasteiger partial charge >= 0.3 is 11.9 Å². The molecule has 0 aliphatic heterocycles. The predicted octanol–water partition coefficient (Wildman–Crippen LogP) is 3.53. The number of halogens is 1.